The maximum atomic E-state index is 13.1. The normalized spacial score (nSPS) is 15.8. The molecular weight excluding hydrogens is 432 g/mol. The fourth-order valence-corrected chi connectivity index (χ4v) is 5.77. The molecule has 1 fully saturated rings. The minimum atomic E-state index is -3.76. The van der Waals surface area contributed by atoms with Gasteiger partial charge in [-0.2, -0.15) is 4.31 Å². The number of piperidine rings is 1. The van der Waals surface area contributed by atoms with Crippen LogP contribution in [0.25, 0.3) is 0 Å². The van der Waals surface area contributed by atoms with E-state index in [1.54, 1.807) is 23.9 Å². The van der Waals surface area contributed by atoms with Crippen molar-refractivity contribution < 1.29 is 17.9 Å². The predicted octanol–water partition coefficient (Wildman–Crippen LogP) is 4.11. The molecule has 0 radical (unpaired) electrons. The number of sulfonamides is 1. The van der Waals surface area contributed by atoms with E-state index in [9.17, 15) is 13.2 Å². The number of rotatable bonds is 6. The Hall–Kier alpha value is -1.74. The number of thioether (sulfide) groups is 1. The summed E-state index contributed by atoms with van der Waals surface area (Å²) in [6.45, 7) is 0.528. The molecule has 0 atom stereocenters. The molecule has 1 amide bonds. The van der Waals surface area contributed by atoms with Gasteiger partial charge in [0.2, 0.25) is 15.9 Å². The van der Waals surface area contributed by atoms with E-state index < -0.39 is 10.0 Å². The molecule has 1 saturated heterocycles. The van der Waals surface area contributed by atoms with Crippen molar-refractivity contribution in [2.24, 2.45) is 5.92 Å². The van der Waals surface area contributed by atoms with Gasteiger partial charge in [-0.05, 0) is 49.4 Å². The Bertz CT molecular complexity index is 990. The maximum absolute atomic E-state index is 13.1. The van der Waals surface area contributed by atoms with Crippen LogP contribution in [-0.4, -0.2) is 45.1 Å². The summed E-state index contributed by atoms with van der Waals surface area (Å²) in [4.78, 5) is 13.7. The summed E-state index contributed by atoms with van der Waals surface area (Å²) in [5.74, 6) is -0.0653. The Morgan fingerprint density at radius 1 is 1.21 bits per heavy atom. The number of anilines is 1. The number of amides is 1. The van der Waals surface area contributed by atoms with Crippen LogP contribution < -0.4 is 10.1 Å². The molecule has 1 aliphatic heterocycles. The van der Waals surface area contributed by atoms with Gasteiger partial charge in [0, 0.05) is 28.9 Å². The molecule has 6 nitrogen and oxygen atoms in total. The van der Waals surface area contributed by atoms with Crippen LogP contribution >= 0.6 is 23.4 Å². The van der Waals surface area contributed by atoms with Gasteiger partial charge in [0.1, 0.15) is 10.6 Å². The summed E-state index contributed by atoms with van der Waals surface area (Å²) in [7, 11) is -2.34. The van der Waals surface area contributed by atoms with Gasteiger partial charge in [0.05, 0.1) is 12.8 Å². The number of halogens is 1. The standard InChI is InChI=1S/C20H23ClN2O4S2/c1-27-17-8-7-15(21)13-19(17)29(25,26)23-11-9-14(10-12-23)20(24)22-16-5-3-4-6-18(16)28-2/h3-8,13-14H,9-12H2,1-2H3,(H,22,24). The molecule has 0 aliphatic carbocycles. The Balaban J connectivity index is 1.68. The van der Waals surface area contributed by atoms with E-state index in [-0.39, 0.29) is 35.6 Å². The van der Waals surface area contributed by atoms with Crippen LogP contribution in [-0.2, 0) is 14.8 Å². The first kappa shape index (κ1) is 22.0. The highest BCUT2D eigenvalue weighted by Crippen LogP contribution is 2.32. The molecule has 3 rings (SSSR count). The summed E-state index contributed by atoms with van der Waals surface area (Å²) in [6, 6.07) is 12.1. The Morgan fingerprint density at radius 2 is 1.90 bits per heavy atom. The lowest BCUT2D eigenvalue weighted by molar-refractivity contribution is -0.120. The Kier molecular flexibility index (Phi) is 7.10. The summed E-state index contributed by atoms with van der Waals surface area (Å²) < 4.78 is 32.7. The van der Waals surface area contributed by atoms with Crippen LogP contribution in [0.5, 0.6) is 5.75 Å². The lowest BCUT2D eigenvalue weighted by atomic mass is 9.97. The van der Waals surface area contributed by atoms with E-state index in [0.29, 0.717) is 17.9 Å². The SMILES string of the molecule is COc1ccc(Cl)cc1S(=O)(=O)N1CCC(C(=O)Nc2ccccc2SC)CC1. The number of carbonyl (C=O) groups excluding carboxylic acids is 1. The molecule has 1 aliphatic rings. The second-order valence-electron chi connectivity index (χ2n) is 6.66. The number of hydrogen-bond donors (Lipinski definition) is 1. The van der Waals surface area contributed by atoms with Gasteiger partial charge in [-0.15, -0.1) is 11.8 Å². The first-order chi connectivity index (χ1) is 13.9. The van der Waals surface area contributed by atoms with Crippen molar-refractivity contribution >= 4 is 45.0 Å². The highest BCUT2D eigenvalue weighted by Gasteiger charge is 2.34. The predicted molar refractivity (Wildman–Crippen MR) is 116 cm³/mol. The van der Waals surface area contributed by atoms with Gasteiger partial charge in [-0.3, -0.25) is 4.79 Å². The quantitative estimate of drug-likeness (QED) is 0.665. The second-order valence-corrected chi connectivity index (χ2v) is 9.85. The van der Waals surface area contributed by atoms with Crippen molar-refractivity contribution in [1.29, 1.82) is 0 Å². The molecule has 0 unspecified atom stereocenters. The first-order valence-electron chi connectivity index (χ1n) is 9.14. The third-order valence-electron chi connectivity index (χ3n) is 4.93. The summed E-state index contributed by atoms with van der Waals surface area (Å²) >= 11 is 7.56. The molecule has 156 valence electrons. The second kappa shape index (κ2) is 9.38. The van der Waals surface area contributed by atoms with E-state index in [1.807, 2.05) is 30.5 Å². The number of nitrogens with zero attached hydrogens (tertiary/aromatic N) is 1. The molecule has 2 aromatic rings. The van der Waals surface area contributed by atoms with Crippen molar-refractivity contribution in [2.45, 2.75) is 22.6 Å². The van der Waals surface area contributed by atoms with Gasteiger partial charge in [0.25, 0.3) is 0 Å². The zero-order valence-electron chi connectivity index (χ0n) is 16.2. The lowest BCUT2D eigenvalue weighted by Crippen LogP contribution is -2.41. The van der Waals surface area contributed by atoms with E-state index in [0.717, 1.165) is 10.6 Å². The third kappa shape index (κ3) is 4.88. The first-order valence-corrected chi connectivity index (χ1v) is 12.2. The number of hydrogen-bond acceptors (Lipinski definition) is 5. The van der Waals surface area contributed by atoms with Crippen molar-refractivity contribution in [3.63, 3.8) is 0 Å². The van der Waals surface area contributed by atoms with Crippen molar-refractivity contribution in [3.05, 3.63) is 47.5 Å². The molecule has 2 aromatic carbocycles. The molecule has 0 aromatic heterocycles. The topological polar surface area (TPSA) is 75.7 Å². The summed E-state index contributed by atoms with van der Waals surface area (Å²) in [6.07, 6.45) is 2.86. The molecule has 1 N–H and O–H groups in total. The van der Waals surface area contributed by atoms with Gasteiger partial charge in [-0.25, -0.2) is 8.42 Å². The van der Waals surface area contributed by atoms with Gasteiger partial charge in [-0.1, -0.05) is 23.7 Å². The van der Waals surface area contributed by atoms with Crippen LogP contribution in [0.3, 0.4) is 0 Å². The number of benzene rings is 2. The molecule has 0 spiro atoms. The van der Waals surface area contributed by atoms with E-state index >= 15 is 0 Å². The number of methoxy groups -OCH3 is 1. The number of nitrogens with one attached hydrogen (secondary N) is 1. The molecule has 0 bridgehead atoms. The average molecular weight is 455 g/mol. The highest BCUT2D eigenvalue weighted by atomic mass is 35.5. The Morgan fingerprint density at radius 3 is 2.55 bits per heavy atom. The summed E-state index contributed by atoms with van der Waals surface area (Å²) in [5, 5.41) is 3.30. The number of ether oxygens (including phenoxy) is 1. The summed E-state index contributed by atoms with van der Waals surface area (Å²) in [5.41, 5.74) is 0.781. The van der Waals surface area contributed by atoms with Crippen LogP contribution in [0.1, 0.15) is 12.8 Å². The maximum Gasteiger partial charge on any atom is 0.246 e. The van der Waals surface area contributed by atoms with Crippen LogP contribution in [0.4, 0.5) is 5.69 Å². The molecule has 29 heavy (non-hydrogen) atoms. The van der Waals surface area contributed by atoms with Gasteiger partial charge in [0.15, 0.2) is 0 Å². The molecule has 0 saturated carbocycles. The fraction of sp³-hybridized carbons (Fsp3) is 0.350. The van der Waals surface area contributed by atoms with Gasteiger partial charge < -0.3 is 10.1 Å². The van der Waals surface area contributed by atoms with E-state index in [4.69, 9.17) is 16.3 Å². The van der Waals surface area contributed by atoms with Crippen molar-refractivity contribution in [2.75, 3.05) is 31.8 Å². The monoisotopic (exact) mass is 454 g/mol. The Labute approximate surface area is 180 Å². The minimum Gasteiger partial charge on any atom is -0.495 e. The molecular formula is C20H23ClN2O4S2. The lowest BCUT2D eigenvalue weighted by Gasteiger charge is -2.31. The average Bonchev–Trinajstić information content (AvgIpc) is 2.74. The van der Waals surface area contributed by atoms with Gasteiger partial charge >= 0.3 is 0 Å². The fourth-order valence-electron chi connectivity index (χ4n) is 3.33. The van der Waals surface area contributed by atoms with Crippen LogP contribution in [0.2, 0.25) is 5.02 Å². The number of para-hydroxylation sites is 1. The highest BCUT2D eigenvalue weighted by molar-refractivity contribution is 7.98. The number of carbonyl (C=O) groups is 1. The third-order valence-corrected chi connectivity index (χ3v) is 7.88. The molecule has 1 heterocycles. The zero-order valence-corrected chi connectivity index (χ0v) is 18.6. The van der Waals surface area contributed by atoms with E-state index in [1.165, 1.54) is 17.5 Å². The molecule has 9 heteroatoms. The largest absolute Gasteiger partial charge is 0.495 e. The van der Waals surface area contributed by atoms with Crippen LogP contribution in [0, 0.1) is 5.92 Å². The van der Waals surface area contributed by atoms with E-state index in [2.05, 4.69) is 5.32 Å². The smallest absolute Gasteiger partial charge is 0.246 e. The van der Waals surface area contributed by atoms with Crippen molar-refractivity contribution in [3.8, 4) is 5.75 Å². The van der Waals surface area contributed by atoms with Crippen molar-refractivity contribution in [1.82, 2.24) is 4.31 Å². The van der Waals surface area contributed by atoms with Crippen LogP contribution in [0.15, 0.2) is 52.3 Å². The zero-order chi connectivity index (χ0) is 21.0. The minimum absolute atomic E-state index is 0.0456.